The van der Waals surface area contributed by atoms with Crippen molar-refractivity contribution >= 4 is 17.4 Å². The summed E-state index contributed by atoms with van der Waals surface area (Å²) < 4.78 is 5.79. The second-order valence-corrected chi connectivity index (χ2v) is 6.15. The summed E-state index contributed by atoms with van der Waals surface area (Å²) in [6.45, 7) is 0.680. The maximum Gasteiger partial charge on any atom is 0.282 e. The van der Waals surface area contributed by atoms with Gasteiger partial charge in [-0.25, -0.2) is 9.98 Å². The first kappa shape index (κ1) is 11.9. The monoisotopic (exact) mass is 285 g/mol. The first-order chi connectivity index (χ1) is 9.76. The molecule has 2 aliphatic rings. The van der Waals surface area contributed by atoms with Crippen LogP contribution in [0.4, 0.5) is 0 Å². The van der Waals surface area contributed by atoms with Crippen molar-refractivity contribution < 1.29 is 4.74 Å². The van der Waals surface area contributed by atoms with E-state index in [4.69, 9.17) is 10.5 Å². The minimum Gasteiger partial charge on any atom is -0.456 e. The highest BCUT2D eigenvalue weighted by atomic mass is 32.1. The number of benzene rings is 1. The van der Waals surface area contributed by atoms with E-state index in [0.717, 1.165) is 25.0 Å². The molecule has 20 heavy (non-hydrogen) atoms. The van der Waals surface area contributed by atoms with Crippen molar-refractivity contribution in [3.05, 3.63) is 40.2 Å². The number of aromatic nitrogens is 1. The van der Waals surface area contributed by atoms with Crippen molar-refractivity contribution in [1.82, 2.24) is 4.98 Å². The van der Waals surface area contributed by atoms with Crippen LogP contribution in [0.1, 0.15) is 17.5 Å². The summed E-state index contributed by atoms with van der Waals surface area (Å²) >= 11 is 1.63. The van der Waals surface area contributed by atoms with Crippen LogP contribution in [-0.4, -0.2) is 23.2 Å². The van der Waals surface area contributed by atoms with E-state index in [0.29, 0.717) is 12.6 Å². The van der Waals surface area contributed by atoms with Gasteiger partial charge < -0.3 is 10.5 Å². The number of aliphatic imine (C=N–C) groups is 1. The highest BCUT2D eigenvalue weighted by Crippen LogP contribution is 2.38. The van der Waals surface area contributed by atoms with Crippen LogP contribution >= 0.6 is 11.3 Å². The number of hydrogen-bond acceptors (Lipinski definition) is 5. The van der Waals surface area contributed by atoms with Gasteiger partial charge >= 0.3 is 0 Å². The third kappa shape index (κ3) is 1.81. The molecule has 5 heteroatoms. The Bertz CT molecular complexity index is 680. The van der Waals surface area contributed by atoms with Crippen LogP contribution in [0.3, 0.4) is 0 Å². The molecule has 102 valence electrons. The lowest BCUT2D eigenvalue weighted by Gasteiger charge is -2.34. The second kappa shape index (κ2) is 4.31. The molecule has 2 heterocycles. The number of rotatable bonds is 1. The van der Waals surface area contributed by atoms with Crippen molar-refractivity contribution in [3.63, 3.8) is 0 Å². The molecule has 0 unspecified atom stereocenters. The Kier molecular flexibility index (Phi) is 2.57. The SMILES string of the molecule is NC1=NC[C@]2(CCc3c(cccc3-c3cscn3)C2)O1. The van der Waals surface area contributed by atoms with Crippen LogP contribution in [-0.2, 0) is 17.6 Å². The maximum atomic E-state index is 5.79. The van der Waals surface area contributed by atoms with Crippen molar-refractivity contribution in [2.24, 2.45) is 10.7 Å². The minimum atomic E-state index is -0.211. The van der Waals surface area contributed by atoms with Crippen LogP contribution in [0.2, 0.25) is 0 Å². The maximum absolute atomic E-state index is 5.79. The molecule has 1 atom stereocenters. The van der Waals surface area contributed by atoms with Gasteiger partial charge in [0.1, 0.15) is 5.60 Å². The predicted molar refractivity (Wildman–Crippen MR) is 79.9 cm³/mol. The molecule has 1 aliphatic heterocycles. The molecule has 0 bridgehead atoms. The van der Waals surface area contributed by atoms with Crippen LogP contribution in [0, 0.1) is 0 Å². The largest absolute Gasteiger partial charge is 0.456 e. The molecule has 0 saturated carbocycles. The minimum absolute atomic E-state index is 0.211. The topological polar surface area (TPSA) is 60.5 Å². The fourth-order valence-electron chi connectivity index (χ4n) is 3.20. The molecule has 2 aromatic rings. The molecule has 2 N–H and O–H groups in total. The molecule has 0 fully saturated rings. The fraction of sp³-hybridized carbons (Fsp3) is 0.333. The van der Waals surface area contributed by atoms with E-state index in [9.17, 15) is 0 Å². The van der Waals surface area contributed by atoms with Crippen molar-refractivity contribution in [1.29, 1.82) is 0 Å². The Hall–Kier alpha value is -1.88. The molecular formula is C15H15N3OS. The lowest BCUT2D eigenvalue weighted by Crippen LogP contribution is -2.40. The third-order valence-corrected chi connectivity index (χ3v) is 4.76. The fourth-order valence-corrected chi connectivity index (χ4v) is 3.75. The smallest absolute Gasteiger partial charge is 0.282 e. The molecule has 0 radical (unpaired) electrons. The lowest BCUT2D eigenvalue weighted by molar-refractivity contribution is 0.0704. The van der Waals surface area contributed by atoms with Crippen LogP contribution in [0.5, 0.6) is 0 Å². The Morgan fingerprint density at radius 1 is 1.35 bits per heavy atom. The van der Waals surface area contributed by atoms with E-state index in [1.165, 1.54) is 16.7 Å². The summed E-state index contributed by atoms with van der Waals surface area (Å²) in [6.07, 6.45) is 2.84. The van der Waals surface area contributed by atoms with Crippen molar-refractivity contribution in [2.75, 3.05) is 6.54 Å². The summed E-state index contributed by atoms with van der Waals surface area (Å²) in [5.41, 5.74) is 12.4. The molecular weight excluding hydrogens is 270 g/mol. The molecule has 1 aliphatic carbocycles. The highest BCUT2D eigenvalue weighted by Gasteiger charge is 2.40. The second-order valence-electron chi connectivity index (χ2n) is 5.43. The van der Waals surface area contributed by atoms with Gasteiger partial charge in [-0.05, 0) is 24.0 Å². The van der Waals surface area contributed by atoms with Crippen LogP contribution in [0.15, 0.2) is 34.1 Å². The van der Waals surface area contributed by atoms with E-state index < -0.39 is 0 Å². The van der Waals surface area contributed by atoms with Gasteiger partial charge in [0, 0.05) is 17.4 Å². The van der Waals surface area contributed by atoms with E-state index >= 15 is 0 Å². The third-order valence-electron chi connectivity index (χ3n) is 4.17. The van der Waals surface area contributed by atoms with E-state index in [2.05, 4.69) is 33.6 Å². The average molecular weight is 285 g/mol. The number of nitrogens with two attached hydrogens (primary N) is 1. The van der Waals surface area contributed by atoms with Crippen molar-refractivity contribution in [2.45, 2.75) is 24.9 Å². The summed E-state index contributed by atoms with van der Waals surface area (Å²) in [6, 6.07) is 6.78. The van der Waals surface area contributed by atoms with Gasteiger partial charge in [-0.2, -0.15) is 0 Å². The van der Waals surface area contributed by atoms with E-state index in [1.54, 1.807) is 11.3 Å². The number of fused-ring (bicyclic) bond motifs is 1. The molecule has 1 aromatic carbocycles. The first-order valence-corrected chi connectivity index (χ1v) is 7.68. The average Bonchev–Trinajstić information content (AvgIpc) is 3.09. The van der Waals surface area contributed by atoms with E-state index in [-0.39, 0.29) is 5.60 Å². The number of hydrogen-bond donors (Lipinski definition) is 1. The van der Waals surface area contributed by atoms with E-state index in [1.807, 2.05) is 5.51 Å². The van der Waals surface area contributed by atoms with Crippen LogP contribution < -0.4 is 5.73 Å². The Morgan fingerprint density at radius 2 is 2.30 bits per heavy atom. The summed E-state index contributed by atoms with van der Waals surface area (Å²) in [5, 5.41) is 2.10. The summed E-state index contributed by atoms with van der Waals surface area (Å²) in [4.78, 5) is 8.66. The molecule has 0 saturated heterocycles. The first-order valence-electron chi connectivity index (χ1n) is 6.74. The molecule has 4 nitrogen and oxygen atoms in total. The Labute approximate surface area is 121 Å². The number of nitrogens with zero attached hydrogens (tertiary/aromatic N) is 2. The van der Waals surface area contributed by atoms with Gasteiger partial charge in [-0.1, -0.05) is 18.2 Å². The van der Waals surface area contributed by atoms with Crippen molar-refractivity contribution in [3.8, 4) is 11.3 Å². The molecule has 1 aromatic heterocycles. The number of ether oxygens (including phenoxy) is 1. The zero-order chi connectivity index (χ0) is 13.6. The van der Waals surface area contributed by atoms with Crippen LogP contribution in [0.25, 0.3) is 11.3 Å². The zero-order valence-electron chi connectivity index (χ0n) is 11.0. The summed E-state index contributed by atoms with van der Waals surface area (Å²) in [7, 11) is 0. The van der Waals surface area contributed by atoms with Gasteiger partial charge in [0.2, 0.25) is 0 Å². The molecule has 0 amide bonds. The van der Waals surface area contributed by atoms with Gasteiger partial charge in [0.15, 0.2) is 0 Å². The summed E-state index contributed by atoms with van der Waals surface area (Å²) in [5.74, 6) is 0. The predicted octanol–water partition coefficient (Wildman–Crippen LogP) is 2.38. The number of amidine groups is 1. The normalized spacial score (nSPS) is 24.3. The number of thiazole rings is 1. The lowest BCUT2D eigenvalue weighted by atomic mass is 9.78. The zero-order valence-corrected chi connectivity index (χ0v) is 11.8. The van der Waals surface area contributed by atoms with Gasteiger partial charge in [0.25, 0.3) is 6.02 Å². The Balaban J connectivity index is 1.72. The highest BCUT2D eigenvalue weighted by molar-refractivity contribution is 7.07. The van der Waals surface area contributed by atoms with Gasteiger partial charge in [-0.15, -0.1) is 11.3 Å². The Morgan fingerprint density at radius 3 is 3.05 bits per heavy atom. The van der Waals surface area contributed by atoms with Gasteiger partial charge in [0.05, 0.1) is 17.7 Å². The van der Waals surface area contributed by atoms with Gasteiger partial charge in [-0.3, -0.25) is 0 Å². The standard InChI is InChI=1S/C15H15N3OS/c16-14-17-8-15(19-14)5-4-11-10(6-15)2-1-3-12(11)13-7-20-9-18-13/h1-3,7,9H,4-6,8H2,(H2,16,17)/t15-/m1/s1. The molecule has 4 rings (SSSR count). The quantitative estimate of drug-likeness (QED) is 0.875. The molecule has 1 spiro atoms.